The Morgan fingerprint density at radius 1 is 1.18 bits per heavy atom. The van der Waals surface area contributed by atoms with Gasteiger partial charge in [0, 0.05) is 23.8 Å². The molecular weight excluding hydrogens is 296 g/mol. The van der Waals surface area contributed by atoms with Gasteiger partial charge in [-0.25, -0.2) is 0 Å². The highest BCUT2D eigenvalue weighted by Gasteiger charge is 2.10. The lowest BCUT2D eigenvalue weighted by molar-refractivity contribution is -0.119. The number of carbonyl (C=O) groups excluding carboxylic acids is 1. The maximum atomic E-state index is 12.2. The Morgan fingerprint density at radius 2 is 1.95 bits per heavy atom. The van der Waals surface area contributed by atoms with Gasteiger partial charge in [-0.1, -0.05) is 41.9 Å². The second kappa shape index (κ2) is 7.85. The molecule has 2 aromatic carbocycles. The molecule has 3 nitrogen and oxygen atoms in total. The summed E-state index contributed by atoms with van der Waals surface area (Å²) in [6, 6.07) is 15.7. The predicted octanol–water partition coefficient (Wildman–Crippen LogP) is 3.79. The van der Waals surface area contributed by atoms with Crippen molar-refractivity contribution in [3.05, 3.63) is 64.7 Å². The molecule has 0 fully saturated rings. The van der Waals surface area contributed by atoms with Gasteiger partial charge in [-0.3, -0.25) is 4.79 Å². The van der Waals surface area contributed by atoms with Crippen LogP contribution >= 0.6 is 11.6 Å². The quantitative estimate of drug-likeness (QED) is 0.879. The third-order valence-corrected chi connectivity index (χ3v) is 3.89. The maximum absolute atomic E-state index is 12.2. The Bertz CT molecular complexity index is 642. The Labute approximate surface area is 136 Å². The standard InChI is InChI=1S/C18H21ClN2O/c1-3-21(16-9-6-7-14(2)11-16)13-18(22)20-12-15-8-4-5-10-17(15)19/h4-11H,3,12-13H2,1-2H3,(H,20,22). The first kappa shape index (κ1) is 16.4. The number of aryl methyl sites for hydroxylation is 1. The summed E-state index contributed by atoms with van der Waals surface area (Å²) >= 11 is 6.09. The number of hydrogen-bond donors (Lipinski definition) is 1. The number of rotatable bonds is 6. The number of nitrogens with one attached hydrogen (secondary N) is 1. The summed E-state index contributed by atoms with van der Waals surface area (Å²) in [6.45, 7) is 5.66. The van der Waals surface area contributed by atoms with E-state index in [-0.39, 0.29) is 5.91 Å². The SMILES string of the molecule is CCN(CC(=O)NCc1ccccc1Cl)c1cccc(C)c1. The lowest BCUT2D eigenvalue weighted by Gasteiger charge is -2.23. The number of hydrogen-bond acceptors (Lipinski definition) is 2. The van der Waals surface area contributed by atoms with Gasteiger partial charge >= 0.3 is 0 Å². The number of carbonyl (C=O) groups is 1. The highest BCUT2D eigenvalue weighted by atomic mass is 35.5. The van der Waals surface area contributed by atoms with Crippen LogP contribution in [0.15, 0.2) is 48.5 Å². The molecule has 0 aromatic heterocycles. The third kappa shape index (κ3) is 4.50. The van der Waals surface area contributed by atoms with Crippen LogP contribution < -0.4 is 10.2 Å². The van der Waals surface area contributed by atoms with Crippen molar-refractivity contribution in [3.63, 3.8) is 0 Å². The number of halogens is 1. The summed E-state index contributed by atoms with van der Waals surface area (Å²) in [5.41, 5.74) is 3.18. The maximum Gasteiger partial charge on any atom is 0.239 e. The second-order valence-corrected chi connectivity index (χ2v) is 5.63. The summed E-state index contributed by atoms with van der Waals surface area (Å²) < 4.78 is 0. The fourth-order valence-electron chi connectivity index (χ4n) is 2.28. The van der Waals surface area contributed by atoms with Crippen molar-refractivity contribution in [1.29, 1.82) is 0 Å². The van der Waals surface area contributed by atoms with Gasteiger partial charge < -0.3 is 10.2 Å². The van der Waals surface area contributed by atoms with Gasteiger partial charge in [0.15, 0.2) is 0 Å². The molecular formula is C18H21ClN2O. The Morgan fingerprint density at radius 3 is 2.64 bits per heavy atom. The highest BCUT2D eigenvalue weighted by molar-refractivity contribution is 6.31. The monoisotopic (exact) mass is 316 g/mol. The van der Waals surface area contributed by atoms with Gasteiger partial charge in [0.05, 0.1) is 6.54 Å². The van der Waals surface area contributed by atoms with Gasteiger partial charge in [0.1, 0.15) is 0 Å². The van der Waals surface area contributed by atoms with Gasteiger partial charge in [0.2, 0.25) is 5.91 Å². The van der Waals surface area contributed by atoms with Crippen LogP contribution in [-0.4, -0.2) is 19.0 Å². The number of nitrogens with zero attached hydrogens (tertiary/aromatic N) is 1. The van der Waals surface area contributed by atoms with Crippen LogP contribution in [0.5, 0.6) is 0 Å². The van der Waals surface area contributed by atoms with Crippen molar-refractivity contribution in [2.75, 3.05) is 18.0 Å². The van der Waals surface area contributed by atoms with Crippen LogP contribution in [0.1, 0.15) is 18.1 Å². The topological polar surface area (TPSA) is 32.3 Å². The molecule has 0 saturated heterocycles. The summed E-state index contributed by atoms with van der Waals surface area (Å²) in [7, 11) is 0. The highest BCUT2D eigenvalue weighted by Crippen LogP contribution is 2.16. The van der Waals surface area contributed by atoms with Gasteiger partial charge in [0.25, 0.3) is 0 Å². The Balaban J connectivity index is 1.94. The van der Waals surface area contributed by atoms with Gasteiger partial charge in [-0.05, 0) is 43.2 Å². The zero-order valence-corrected chi connectivity index (χ0v) is 13.7. The minimum atomic E-state index is -0.0109. The minimum absolute atomic E-state index is 0.0109. The predicted molar refractivity (Wildman–Crippen MR) is 92.4 cm³/mol. The van der Waals surface area contributed by atoms with Crippen molar-refractivity contribution in [2.45, 2.75) is 20.4 Å². The molecule has 22 heavy (non-hydrogen) atoms. The molecule has 0 radical (unpaired) electrons. The van der Waals surface area contributed by atoms with E-state index in [0.717, 1.165) is 17.8 Å². The number of amides is 1. The number of likely N-dealkylation sites (N-methyl/N-ethyl adjacent to an activating group) is 1. The fourth-order valence-corrected chi connectivity index (χ4v) is 2.48. The first-order valence-electron chi connectivity index (χ1n) is 7.42. The van der Waals surface area contributed by atoms with Crippen LogP contribution in [0, 0.1) is 6.92 Å². The normalized spacial score (nSPS) is 10.3. The largest absolute Gasteiger partial charge is 0.362 e. The molecule has 0 atom stereocenters. The molecule has 0 spiro atoms. The fraction of sp³-hybridized carbons (Fsp3) is 0.278. The molecule has 2 rings (SSSR count). The molecule has 0 aliphatic carbocycles. The van der Waals surface area contributed by atoms with E-state index >= 15 is 0 Å². The summed E-state index contributed by atoms with van der Waals surface area (Å²) in [4.78, 5) is 14.2. The van der Waals surface area contributed by atoms with Gasteiger partial charge in [-0.15, -0.1) is 0 Å². The van der Waals surface area contributed by atoms with E-state index < -0.39 is 0 Å². The second-order valence-electron chi connectivity index (χ2n) is 5.22. The van der Waals surface area contributed by atoms with Crippen LogP contribution in [-0.2, 0) is 11.3 Å². The molecule has 4 heteroatoms. The van der Waals surface area contributed by atoms with E-state index in [0.29, 0.717) is 18.1 Å². The van der Waals surface area contributed by atoms with Crippen LogP contribution in [0.3, 0.4) is 0 Å². The van der Waals surface area contributed by atoms with Crippen LogP contribution in [0.4, 0.5) is 5.69 Å². The van der Waals surface area contributed by atoms with Crippen molar-refractivity contribution < 1.29 is 4.79 Å². The first-order valence-corrected chi connectivity index (χ1v) is 7.79. The molecule has 0 heterocycles. The van der Waals surface area contributed by atoms with Crippen LogP contribution in [0.25, 0.3) is 0 Å². The average Bonchev–Trinajstić information content (AvgIpc) is 2.52. The van der Waals surface area contributed by atoms with E-state index in [1.165, 1.54) is 5.56 Å². The van der Waals surface area contributed by atoms with Crippen LogP contribution in [0.2, 0.25) is 5.02 Å². The molecule has 0 aliphatic heterocycles. The number of anilines is 1. The summed E-state index contributed by atoms with van der Waals surface area (Å²) in [5.74, 6) is -0.0109. The lowest BCUT2D eigenvalue weighted by atomic mass is 10.2. The van der Waals surface area contributed by atoms with Crippen molar-refractivity contribution in [3.8, 4) is 0 Å². The molecule has 1 N–H and O–H groups in total. The van der Waals surface area contributed by atoms with Gasteiger partial charge in [-0.2, -0.15) is 0 Å². The molecule has 0 unspecified atom stereocenters. The minimum Gasteiger partial charge on any atom is -0.362 e. The molecule has 0 aliphatic rings. The lowest BCUT2D eigenvalue weighted by Crippen LogP contribution is -2.37. The number of benzene rings is 2. The van der Waals surface area contributed by atoms with E-state index in [4.69, 9.17) is 11.6 Å². The molecule has 1 amide bonds. The van der Waals surface area contributed by atoms with Crippen molar-refractivity contribution in [2.24, 2.45) is 0 Å². The molecule has 116 valence electrons. The van der Waals surface area contributed by atoms with Crippen molar-refractivity contribution >= 4 is 23.2 Å². The zero-order chi connectivity index (χ0) is 15.9. The van der Waals surface area contributed by atoms with E-state index in [9.17, 15) is 4.79 Å². The molecule has 2 aromatic rings. The first-order chi connectivity index (χ1) is 10.6. The van der Waals surface area contributed by atoms with E-state index in [2.05, 4.69) is 29.3 Å². The third-order valence-electron chi connectivity index (χ3n) is 3.52. The summed E-state index contributed by atoms with van der Waals surface area (Å²) in [6.07, 6.45) is 0. The molecule has 0 saturated carbocycles. The zero-order valence-electron chi connectivity index (χ0n) is 13.0. The van der Waals surface area contributed by atoms with E-state index in [1.807, 2.05) is 43.3 Å². The smallest absolute Gasteiger partial charge is 0.239 e. The molecule has 0 bridgehead atoms. The van der Waals surface area contributed by atoms with Crippen molar-refractivity contribution in [1.82, 2.24) is 5.32 Å². The van der Waals surface area contributed by atoms with E-state index in [1.54, 1.807) is 0 Å². The Hall–Kier alpha value is -2.00. The summed E-state index contributed by atoms with van der Waals surface area (Å²) in [5, 5.41) is 3.60. The Kier molecular flexibility index (Phi) is 5.84. The average molecular weight is 317 g/mol.